The molecule has 0 aliphatic carbocycles. The van der Waals surface area contributed by atoms with E-state index < -0.39 is 45.5 Å². The quantitative estimate of drug-likeness (QED) is 0.513. The molecule has 4 rings (SSSR count). The Balaban J connectivity index is 1.92. The molecule has 1 aromatic heterocycles. The summed E-state index contributed by atoms with van der Waals surface area (Å²) in [5, 5.41) is 2.12. The van der Waals surface area contributed by atoms with Crippen LogP contribution in [0.25, 0.3) is 0 Å². The Hall–Kier alpha value is -2.77. The lowest BCUT2D eigenvalue weighted by Crippen LogP contribution is -2.39. The van der Waals surface area contributed by atoms with Crippen LogP contribution < -0.4 is 4.72 Å². The second kappa shape index (κ2) is 8.30. The lowest BCUT2D eigenvalue weighted by atomic mass is 9.94. The number of rotatable bonds is 5. The number of amidine groups is 1. The van der Waals surface area contributed by atoms with Gasteiger partial charge in [-0.1, -0.05) is 6.07 Å². The average molecular weight is 486 g/mol. The van der Waals surface area contributed by atoms with Crippen molar-refractivity contribution in [1.82, 2.24) is 14.6 Å². The molecule has 1 unspecified atom stereocenters. The minimum absolute atomic E-state index is 0.0731. The van der Waals surface area contributed by atoms with Gasteiger partial charge in [-0.05, 0) is 6.07 Å². The number of sulfonamides is 1. The number of ether oxygens (including phenoxy) is 1. The van der Waals surface area contributed by atoms with Crippen molar-refractivity contribution in [2.45, 2.75) is 18.5 Å². The third kappa shape index (κ3) is 4.02. The molecule has 1 saturated heterocycles. The number of nitrogens with zero attached hydrogens (tertiary/aromatic N) is 3. The van der Waals surface area contributed by atoms with E-state index in [2.05, 4.69) is 14.7 Å². The summed E-state index contributed by atoms with van der Waals surface area (Å²) in [6, 6.07) is -0.194. The third-order valence-electron chi connectivity index (χ3n) is 5.03. The number of hydrogen-bond donors (Lipinski definition) is 1. The molecule has 0 amide bonds. The number of nitrogens with one attached hydrogen (secondary N) is 1. The number of carbonyl (C=O) groups excluding carboxylic acids is 1. The topological polar surface area (TPSA) is 101 Å². The molecule has 170 valence electrons. The highest BCUT2D eigenvalue weighted by Crippen LogP contribution is 2.41. The first-order chi connectivity index (χ1) is 15.1. The summed E-state index contributed by atoms with van der Waals surface area (Å²) < 4.78 is 73.2. The van der Waals surface area contributed by atoms with Crippen molar-refractivity contribution >= 4 is 33.2 Å². The van der Waals surface area contributed by atoms with Crippen molar-refractivity contribution in [2.24, 2.45) is 4.99 Å². The van der Waals surface area contributed by atoms with Crippen LogP contribution in [0.4, 0.5) is 13.2 Å². The summed E-state index contributed by atoms with van der Waals surface area (Å²) in [6.45, 7) is 0.133. The van der Waals surface area contributed by atoms with Gasteiger partial charge in [0.1, 0.15) is 6.04 Å². The minimum Gasteiger partial charge on any atom is -0.466 e. The second-order valence-electron chi connectivity index (χ2n) is 7.21. The Morgan fingerprint density at radius 2 is 2.03 bits per heavy atom. The number of thiazole rings is 1. The summed E-state index contributed by atoms with van der Waals surface area (Å²) in [6.07, 6.45) is 2.61. The molecule has 8 nitrogen and oxygen atoms in total. The molecule has 2 aliphatic rings. The van der Waals surface area contributed by atoms with Gasteiger partial charge in [-0.25, -0.2) is 36.1 Å². The van der Waals surface area contributed by atoms with E-state index in [0.717, 1.165) is 25.5 Å². The fraction of sp³-hybridized carbons (Fsp3) is 0.316. The van der Waals surface area contributed by atoms with Crippen molar-refractivity contribution in [2.75, 3.05) is 19.9 Å². The predicted octanol–water partition coefficient (Wildman–Crippen LogP) is 2.11. The van der Waals surface area contributed by atoms with Gasteiger partial charge in [-0.3, -0.25) is 4.99 Å². The molecule has 13 heteroatoms. The lowest BCUT2D eigenvalue weighted by molar-refractivity contribution is -0.136. The van der Waals surface area contributed by atoms with Crippen molar-refractivity contribution < 1.29 is 31.1 Å². The number of aromatic nitrogens is 1. The van der Waals surface area contributed by atoms with Gasteiger partial charge in [0.2, 0.25) is 10.0 Å². The molecule has 1 fully saturated rings. The maximum atomic E-state index is 14.7. The van der Waals surface area contributed by atoms with Crippen LogP contribution in [0.5, 0.6) is 0 Å². The molecular weight excluding hydrogens is 469 g/mol. The van der Waals surface area contributed by atoms with Crippen molar-refractivity contribution in [1.29, 1.82) is 0 Å². The Labute approximate surface area is 185 Å². The minimum atomic E-state index is -3.57. The van der Waals surface area contributed by atoms with Crippen LogP contribution in [0, 0.1) is 17.5 Å². The molecule has 2 aromatic rings. The molecule has 0 saturated carbocycles. The fourth-order valence-corrected chi connectivity index (χ4v) is 5.23. The third-order valence-corrected chi connectivity index (χ3v) is 6.56. The second-order valence-corrected chi connectivity index (χ2v) is 9.89. The number of benzene rings is 1. The van der Waals surface area contributed by atoms with Crippen LogP contribution in [-0.4, -0.2) is 56.1 Å². The molecule has 3 heterocycles. The van der Waals surface area contributed by atoms with E-state index in [1.54, 1.807) is 10.3 Å². The zero-order valence-corrected chi connectivity index (χ0v) is 18.4. The first kappa shape index (κ1) is 22.4. The first-order valence-corrected chi connectivity index (χ1v) is 12.0. The molecule has 0 bridgehead atoms. The van der Waals surface area contributed by atoms with Gasteiger partial charge in [0.15, 0.2) is 28.3 Å². The van der Waals surface area contributed by atoms with E-state index in [0.29, 0.717) is 10.7 Å². The first-order valence-electron chi connectivity index (χ1n) is 9.28. The number of hydrogen-bond acceptors (Lipinski definition) is 8. The highest BCUT2D eigenvalue weighted by Gasteiger charge is 2.43. The van der Waals surface area contributed by atoms with Crippen LogP contribution in [0.1, 0.15) is 23.0 Å². The SMILES string of the molecule is COC(=O)C1=C2C[C@H](NS(C)(=O)=O)CN2C(c2nccs2)=NC1c1ccc(F)c(F)c1F. The highest BCUT2D eigenvalue weighted by molar-refractivity contribution is 7.88. The Morgan fingerprint density at radius 3 is 2.66 bits per heavy atom. The number of fused-ring (bicyclic) bond motifs is 1. The van der Waals surface area contributed by atoms with Gasteiger partial charge in [-0.2, -0.15) is 0 Å². The van der Waals surface area contributed by atoms with E-state index in [1.807, 2.05) is 0 Å². The summed E-state index contributed by atoms with van der Waals surface area (Å²) in [5.41, 5.74) is -0.104. The van der Waals surface area contributed by atoms with Gasteiger partial charge in [-0.15, -0.1) is 11.3 Å². The highest BCUT2D eigenvalue weighted by atomic mass is 32.2. The summed E-state index contributed by atoms with van der Waals surface area (Å²) in [4.78, 5) is 23.0. The van der Waals surface area contributed by atoms with Gasteiger partial charge < -0.3 is 9.64 Å². The van der Waals surface area contributed by atoms with Crippen LogP contribution in [-0.2, 0) is 19.6 Å². The maximum absolute atomic E-state index is 14.7. The number of halogens is 3. The number of carbonyl (C=O) groups is 1. The smallest absolute Gasteiger partial charge is 0.338 e. The maximum Gasteiger partial charge on any atom is 0.338 e. The largest absolute Gasteiger partial charge is 0.466 e. The number of methoxy groups -OCH3 is 1. The van der Waals surface area contributed by atoms with E-state index in [1.165, 1.54) is 17.5 Å². The van der Waals surface area contributed by atoms with Crippen LogP contribution in [0.2, 0.25) is 0 Å². The summed E-state index contributed by atoms with van der Waals surface area (Å²) in [7, 11) is -2.44. The van der Waals surface area contributed by atoms with E-state index >= 15 is 0 Å². The fourth-order valence-electron chi connectivity index (χ4n) is 3.83. The Bertz CT molecular complexity index is 1250. The van der Waals surface area contributed by atoms with Gasteiger partial charge >= 0.3 is 5.97 Å². The van der Waals surface area contributed by atoms with Gasteiger partial charge in [0.25, 0.3) is 0 Å². The van der Waals surface area contributed by atoms with E-state index in [-0.39, 0.29) is 29.9 Å². The Morgan fingerprint density at radius 1 is 1.28 bits per heavy atom. The molecule has 32 heavy (non-hydrogen) atoms. The average Bonchev–Trinajstić information content (AvgIpc) is 3.39. The van der Waals surface area contributed by atoms with Crippen molar-refractivity contribution in [3.05, 3.63) is 63.0 Å². The summed E-state index contributed by atoms with van der Waals surface area (Å²) in [5.74, 6) is -5.13. The van der Waals surface area contributed by atoms with Crippen LogP contribution >= 0.6 is 11.3 Å². The van der Waals surface area contributed by atoms with Crippen LogP contribution in [0.15, 0.2) is 40.0 Å². The molecule has 0 spiro atoms. The van der Waals surface area contributed by atoms with Crippen LogP contribution in [0.3, 0.4) is 0 Å². The number of esters is 1. The van der Waals surface area contributed by atoms with Crippen molar-refractivity contribution in [3.8, 4) is 0 Å². The van der Waals surface area contributed by atoms with Crippen molar-refractivity contribution in [3.63, 3.8) is 0 Å². The monoisotopic (exact) mass is 486 g/mol. The Kier molecular flexibility index (Phi) is 5.81. The standard InChI is InChI=1S/C19H17F3N4O4S2/c1-30-19(27)13-12-7-9(25-32(2,28)29)8-26(12)17(18-23-5-6-31-18)24-16(13)10-3-4-11(20)15(22)14(10)21/h3-6,9,16,25H,7-8H2,1-2H3/t9-,16?/m0/s1. The molecule has 1 N–H and O–H groups in total. The molecule has 0 radical (unpaired) electrons. The number of aliphatic imine (C=N–C) groups is 1. The van der Waals surface area contributed by atoms with Gasteiger partial charge in [0, 0.05) is 41.8 Å². The predicted molar refractivity (Wildman–Crippen MR) is 110 cm³/mol. The zero-order valence-electron chi connectivity index (χ0n) is 16.8. The molecule has 2 atom stereocenters. The molecular formula is C19H17F3N4O4S2. The summed E-state index contributed by atoms with van der Waals surface area (Å²) >= 11 is 1.23. The molecule has 1 aromatic carbocycles. The van der Waals surface area contributed by atoms with Gasteiger partial charge in [0.05, 0.1) is 18.9 Å². The molecule has 2 aliphatic heterocycles. The zero-order chi connectivity index (χ0) is 23.2. The normalized spacial score (nSPS) is 20.9. The van der Waals surface area contributed by atoms with E-state index in [4.69, 9.17) is 4.74 Å². The lowest BCUT2D eigenvalue weighted by Gasteiger charge is -2.31. The van der Waals surface area contributed by atoms with E-state index in [9.17, 15) is 26.4 Å².